The van der Waals surface area contributed by atoms with Gasteiger partial charge in [-0.25, -0.2) is 0 Å². The molecule has 1 aromatic carbocycles. The second-order valence-corrected chi connectivity index (χ2v) is 6.03. The lowest BCUT2D eigenvalue weighted by atomic mass is 9.95. The van der Waals surface area contributed by atoms with Crippen molar-refractivity contribution in [1.29, 1.82) is 0 Å². The summed E-state index contributed by atoms with van der Waals surface area (Å²) in [7, 11) is 0. The Hall–Kier alpha value is -0.860. The highest BCUT2D eigenvalue weighted by atomic mass is 15.2. The lowest BCUT2D eigenvalue weighted by Gasteiger charge is -2.18. The van der Waals surface area contributed by atoms with Crippen molar-refractivity contribution < 1.29 is 0 Å². The summed E-state index contributed by atoms with van der Waals surface area (Å²) in [6.45, 7) is 9.01. The maximum absolute atomic E-state index is 5.69. The van der Waals surface area contributed by atoms with E-state index in [1.807, 2.05) is 0 Å². The van der Waals surface area contributed by atoms with Gasteiger partial charge >= 0.3 is 0 Å². The van der Waals surface area contributed by atoms with Gasteiger partial charge < -0.3 is 0 Å². The van der Waals surface area contributed by atoms with E-state index in [0.29, 0.717) is 5.92 Å². The first-order valence-corrected chi connectivity index (χ1v) is 7.08. The largest absolute Gasteiger partial charge is 0.271 e. The van der Waals surface area contributed by atoms with E-state index in [1.54, 1.807) is 0 Å². The summed E-state index contributed by atoms with van der Waals surface area (Å²) in [5.74, 6) is 7.11. The van der Waals surface area contributed by atoms with Gasteiger partial charge in [-0.3, -0.25) is 11.3 Å². The predicted molar refractivity (Wildman–Crippen MR) is 79.1 cm³/mol. The van der Waals surface area contributed by atoms with Gasteiger partial charge in [-0.05, 0) is 42.2 Å². The fourth-order valence-electron chi connectivity index (χ4n) is 2.25. The molecule has 0 radical (unpaired) electrons. The zero-order chi connectivity index (χ0) is 13.5. The molecule has 0 saturated carbocycles. The van der Waals surface area contributed by atoms with E-state index in [1.165, 1.54) is 17.5 Å². The van der Waals surface area contributed by atoms with Crippen LogP contribution in [0.25, 0.3) is 0 Å². The molecule has 2 heteroatoms. The molecule has 18 heavy (non-hydrogen) atoms. The number of rotatable bonds is 7. The van der Waals surface area contributed by atoms with Gasteiger partial charge in [0, 0.05) is 6.04 Å². The smallest absolute Gasteiger partial charge is 0.0460 e. The molecule has 3 N–H and O–H groups in total. The third-order valence-corrected chi connectivity index (χ3v) is 3.23. The van der Waals surface area contributed by atoms with Crippen molar-refractivity contribution in [3.63, 3.8) is 0 Å². The molecule has 0 heterocycles. The van der Waals surface area contributed by atoms with Crippen LogP contribution in [0.1, 0.15) is 57.7 Å². The summed E-state index contributed by atoms with van der Waals surface area (Å²) < 4.78 is 0. The van der Waals surface area contributed by atoms with Crippen LogP contribution in [0.5, 0.6) is 0 Å². The number of hydrazine groups is 1. The molecule has 1 unspecified atom stereocenters. The van der Waals surface area contributed by atoms with Gasteiger partial charge in [0.05, 0.1) is 0 Å². The van der Waals surface area contributed by atoms with Gasteiger partial charge in [-0.1, -0.05) is 52.0 Å². The summed E-state index contributed by atoms with van der Waals surface area (Å²) in [6.07, 6.45) is 3.43. The van der Waals surface area contributed by atoms with E-state index < -0.39 is 0 Å². The first kappa shape index (κ1) is 15.2. The Labute approximate surface area is 112 Å². The Morgan fingerprint density at radius 3 is 2.33 bits per heavy atom. The summed E-state index contributed by atoms with van der Waals surface area (Å²) in [5, 5.41) is 0. The molecular formula is C16H28N2. The van der Waals surface area contributed by atoms with Gasteiger partial charge in [0.1, 0.15) is 0 Å². The molecule has 0 aromatic heterocycles. The van der Waals surface area contributed by atoms with Crippen LogP contribution >= 0.6 is 0 Å². The number of hydrogen-bond acceptors (Lipinski definition) is 2. The fraction of sp³-hybridized carbons (Fsp3) is 0.625. The Bertz CT molecular complexity index is 345. The van der Waals surface area contributed by atoms with Crippen LogP contribution < -0.4 is 11.3 Å². The van der Waals surface area contributed by atoms with Crippen LogP contribution in [0.2, 0.25) is 0 Å². The number of hydrogen-bond donors (Lipinski definition) is 2. The van der Waals surface area contributed by atoms with Gasteiger partial charge in [0.15, 0.2) is 0 Å². The average molecular weight is 248 g/mol. The van der Waals surface area contributed by atoms with E-state index in [4.69, 9.17) is 5.84 Å². The van der Waals surface area contributed by atoms with Crippen molar-refractivity contribution in [3.8, 4) is 0 Å². The SMILES string of the molecule is CC(C)CCC(NN)c1cccc(CC(C)C)c1. The lowest BCUT2D eigenvalue weighted by molar-refractivity contribution is 0.448. The van der Waals surface area contributed by atoms with Crippen LogP contribution in [0.3, 0.4) is 0 Å². The van der Waals surface area contributed by atoms with Crippen LogP contribution in [0, 0.1) is 11.8 Å². The summed E-state index contributed by atoms with van der Waals surface area (Å²) >= 11 is 0. The number of nitrogens with one attached hydrogen (secondary N) is 1. The van der Waals surface area contributed by atoms with Gasteiger partial charge in [-0.15, -0.1) is 0 Å². The molecule has 0 saturated heterocycles. The quantitative estimate of drug-likeness (QED) is 0.568. The minimum Gasteiger partial charge on any atom is -0.271 e. The topological polar surface area (TPSA) is 38.0 Å². The summed E-state index contributed by atoms with van der Waals surface area (Å²) in [4.78, 5) is 0. The highest BCUT2D eigenvalue weighted by Crippen LogP contribution is 2.22. The van der Waals surface area contributed by atoms with E-state index in [2.05, 4.69) is 57.4 Å². The molecule has 1 atom stereocenters. The van der Waals surface area contributed by atoms with Crippen molar-refractivity contribution in [2.45, 2.75) is 53.0 Å². The molecule has 0 aliphatic carbocycles. The molecule has 0 fully saturated rings. The molecule has 0 bridgehead atoms. The average Bonchev–Trinajstić information content (AvgIpc) is 2.29. The normalized spacial score (nSPS) is 13.3. The van der Waals surface area contributed by atoms with Crippen LogP contribution in [-0.4, -0.2) is 0 Å². The minimum absolute atomic E-state index is 0.277. The second-order valence-electron chi connectivity index (χ2n) is 6.03. The fourth-order valence-corrected chi connectivity index (χ4v) is 2.25. The highest BCUT2D eigenvalue weighted by Gasteiger charge is 2.11. The van der Waals surface area contributed by atoms with Crippen molar-refractivity contribution >= 4 is 0 Å². The Kier molecular flexibility index (Phi) is 6.37. The van der Waals surface area contributed by atoms with Crippen LogP contribution in [0.4, 0.5) is 0 Å². The first-order chi connectivity index (χ1) is 8.52. The van der Waals surface area contributed by atoms with E-state index in [-0.39, 0.29) is 6.04 Å². The molecule has 102 valence electrons. The number of nitrogens with two attached hydrogens (primary N) is 1. The highest BCUT2D eigenvalue weighted by molar-refractivity contribution is 5.26. The zero-order valence-electron chi connectivity index (χ0n) is 12.2. The molecule has 0 spiro atoms. The molecule has 0 aliphatic heterocycles. The van der Waals surface area contributed by atoms with E-state index >= 15 is 0 Å². The Morgan fingerprint density at radius 2 is 1.78 bits per heavy atom. The number of benzene rings is 1. The predicted octanol–water partition coefficient (Wildman–Crippen LogP) is 3.83. The maximum atomic E-state index is 5.69. The molecule has 2 nitrogen and oxygen atoms in total. The second kappa shape index (κ2) is 7.55. The first-order valence-electron chi connectivity index (χ1n) is 7.08. The molecule has 0 aliphatic rings. The van der Waals surface area contributed by atoms with Crippen molar-refractivity contribution in [3.05, 3.63) is 35.4 Å². The van der Waals surface area contributed by atoms with Gasteiger partial charge in [0.2, 0.25) is 0 Å². The van der Waals surface area contributed by atoms with Crippen LogP contribution in [0.15, 0.2) is 24.3 Å². The van der Waals surface area contributed by atoms with E-state index in [9.17, 15) is 0 Å². The van der Waals surface area contributed by atoms with Gasteiger partial charge in [-0.2, -0.15) is 0 Å². The monoisotopic (exact) mass is 248 g/mol. The summed E-state index contributed by atoms with van der Waals surface area (Å²) in [6, 6.07) is 9.10. The minimum atomic E-state index is 0.277. The Morgan fingerprint density at radius 1 is 1.06 bits per heavy atom. The van der Waals surface area contributed by atoms with E-state index in [0.717, 1.165) is 18.8 Å². The van der Waals surface area contributed by atoms with Crippen LogP contribution in [-0.2, 0) is 6.42 Å². The third kappa shape index (κ3) is 5.19. The third-order valence-electron chi connectivity index (χ3n) is 3.23. The zero-order valence-corrected chi connectivity index (χ0v) is 12.2. The van der Waals surface area contributed by atoms with Crippen molar-refractivity contribution in [2.75, 3.05) is 0 Å². The standard InChI is InChI=1S/C16H28N2/c1-12(2)8-9-16(18-17)15-7-5-6-14(11-15)10-13(3)4/h5-7,11-13,16,18H,8-10,17H2,1-4H3. The summed E-state index contributed by atoms with van der Waals surface area (Å²) in [5.41, 5.74) is 5.68. The molecule has 1 aromatic rings. The molecule has 1 rings (SSSR count). The van der Waals surface area contributed by atoms with Crippen molar-refractivity contribution in [1.82, 2.24) is 5.43 Å². The van der Waals surface area contributed by atoms with Crippen molar-refractivity contribution in [2.24, 2.45) is 17.7 Å². The maximum Gasteiger partial charge on any atom is 0.0460 e. The molecular weight excluding hydrogens is 220 g/mol. The lowest BCUT2D eigenvalue weighted by Crippen LogP contribution is -2.28. The van der Waals surface area contributed by atoms with Gasteiger partial charge in [0.25, 0.3) is 0 Å². The molecule has 0 amide bonds. The Balaban J connectivity index is 2.72.